The second kappa shape index (κ2) is 10.0. The summed E-state index contributed by atoms with van der Waals surface area (Å²) in [5.41, 5.74) is 3.31. The van der Waals surface area contributed by atoms with E-state index < -0.39 is 0 Å². The van der Waals surface area contributed by atoms with Gasteiger partial charge in [0.25, 0.3) is 5.91 Å². The van der Waals surface area contributed by atoms with Gasteiger partial charge in [-0.2, -0.15) is 0 Å². The van der Waals surface area contributed by atoms with Crippen LogP contribution in [-0.2, 0) is 19.5 Å². The summed E-state index contributed by atoms with van der Waals surface area (Å²) in [6.07, 6.45) is 0.990. The molecule has 1 fully saturated rings. The van der Waals surface area contributed by atoms with E-state index >= 15 is 0 Å². The lowest BCUT2D eigenvalue weighted by atomic mass is 10.2. The number of anilines is 1. The maximum atomic E-state index is 12.6. The van der Waals surface area contributed by atoms with Crippen molar-refractivity contribution in [1.29, 1.82) is 0 Å². The molecule has 5 heteroatoms. The third kappa shape index (κ3) is 5.36. The number of piperazine rings is 1. The van der Waals surface area contributed by atoms with E-state index in [1.165, 1.54) is 16.0 Å². The molecule has 0 spiro atoms. The molecule has 1 N–H and O–H groups in total. The van der Waals surface area contributed by atoms with Gasteiger partial charge in [0.2, 0.25) is 0 Å². The first-order valence-electron chi connectivity index (χ1n) is 10.7. The van der Waals surface area contributed by atoms with Crippen molar-refractivity contribution in [3.05, 3.63) is 88.3 Å². The van der Waals surface area contributed by atoms with Gasteiger partial charge in [0, 0.05) is 55.3 Å². The lowest BCUT2D eigenvalue weighted by Crippen LogP contribution is -2.45. The second-order valence-corrected chi connectivity index (χ2v) is 8.92. The number of aryl methyl sites for hydroxylation is 1. The molecule has 4 rings (SSSR count). The molecule has 2 aromatic carbocycles. The highest BCUT2D eigenvalue weighted by Gasteiger charge is 2.20. The molecule has 0 bridgehead atoms. The van der Waals surface area contributed by atoms with E-state index in [9.17, 15) is 4.79 Å². The Kier molecular flexibility index (Phi) is 6.95. The highest BCUT2D eigenvalue weighted by Crippen LogP contribution is 2.30. The van der Waals surface area contributed by atoms with Crippen molar-refractivity contribution in [1.82, 2.24) is 9.80 Å². The highest BCUT2D eigenvalue weighted by molar-refractivity contribution is 7.16. The summed E-state index contributed by atoms with van der Waals surface area (Å²) in [6.45, 7) is 8.33. The predicted molar refractivity (Wildman–Crippen MR) is 125 cm³/mol. The molecule has 1 aliphatic heterocycles. The van der Waals surface area contributed by atoms with E-state index in [1.807, 2.05) is 30.3 Å². The molecule has 2 heterocycles. The molecule has 3 aromatic rings. The van der Waals surface area contributed by atoms with Crippen molar-refractivity contribution in [2.45, 2.75) is 26.4 Å². The van der Waals surface area contributed by atoms with E-state index in [4.69, 9.17) is 0 Å². The zero-order valence-corrected chi connectivity index (χ0v) is 18.3. The summed E-state index contributed by atoms with van der Waals surface area (Å²) in [5, 5.41) is 4.15. The van der Waals surface area contributed by atoms with Crippen LogP contribution in [0.4, 0.5) is 5.00 Å². The Morgan fingerprint density at radius 2 is 1.50 bits per heavy atom. The van der Waals surface area contributed by atoms with Crippen molar-refractivity contribution in [2.24, 2.45) is 0 Å². The Labute approximate surface area is 183 Å². The molecule has 156 valence electrons. The molecule has 0 atom stereocenters. The van der Waals surface area contributed by atoms with Crippen molar-refractivity contribution >= 4 is 22.2 Å². The predicted octanol–water partition coefficient (Wildman–Crippen LogP) is 4.88. The second-order valence-electron chi connectivity index (χ2n) is 7.78. The van der Waals surface area contributed by atoms with Crippen LogP contribution in [0, 0.1) is 0 Å². The van der Waals surface area contributed by atoms with Crippen LogP contribution in [0.3, 0.4) is 0 Å². The Morgan fingerprint density at radius 3 is 2.13 bits per heavy atom. The third-order valence-electron chi connectivity index (χ3n) is 5.58. The molecule has 30 heavy (non-hydrogen) atoms. The van der Waals surface area contributed by atoms with Gasteiger partial charge >= 0.3 is 0 Å². The minimum Gasteiger partial charge on any atom is -0.313 e. The Hall–Kier alpha value is -2.47. The largest absolute Gasteiger partial charge is 0.313 e. The fraction of sp³-hybridized carbons (Fsp3) is 0.320. The number of benzene rings is 2. The maximum absolute atomic E-state index is 12.6. The van der Waals surface area contributed by atoms with Crippen LogP contribution in [-0.4, -0.2) is 41.9 Å². The molecule has 1 aliphatic rings. The topological polar surface area (TPSA) is 35.6 Å². The number of hydrogen-bond donors (Lipinski definition) is 1. The van der Waals surface area contributed by atoms with Gasteiger partial charge in [-0.1, -0.05) is 55.5 Å². The van der Waals surface area contributed by atoms with Crippen LogP contribution in [0.5, 0.6) is 0 Å². The molecular formula is C25H29N3OS. The molecule has 1 saturated heterocycles. The Bertz CT molecular complexity index is 947. The first kappa shape index (κ1) is 20.8. The van der Waals surface area contributed by atoms with Gasteiger partial charge in [-0.25, -0.2) is 0 Å². The van der Waals surface area contributed by atoms with Crippen molar-refractivity contribution < 1.29 is 4.79 Å². The monoisotopic (exact) mass is 419 g/mol. The number of thiophene rings is 1. The zero-order valence-electron chi connectivity index (χ0n) is 17.5. The SMILES string of the molecule is CCc1cc(CN2CCN(Cc3ccccc3)CC2)c(NC(=O)c2ccccc2)s1. The number of nitrogens with one attached hydrogen (secondary N) is 1. The van der Waals surface area contributed by atoms with Crippen LogP contribution in [0.1, 0.15) is 33.3 Å². The maximum Gasteiger partial charge on any atom is 0.256 e. The molecule has 0 unspecified atom stereocenters. The summed E-state index contributed by atoms with van der Waals surface area (Å²) in [6, 6.07) is 22.4. The van der Waals surface area contributed by atoms with Crippen LogP contribution in [0.2, 0.25) is 0 Å². The molecule has 0 aliphatic carbocycles. The van der Waals surface area contributed by atoms with Gasteiger partial charge in [0.1, 0.15) is 0 Å². The molecule has 1 aromatic heterocycles. The third-order valence-corrected chi connectivity index (χ3v) is 6.82. The van der Waals surface area contributed by atoms with Crippen molar-refractivity contribution in [3.8, 4) is 0 Å². The average Bonchev–Trinajstić information content (AvgIpc) is 3.17. The number of carbonyl (C=O) groups excluding carboxylic acids is 1. The standard InChI is InChI=1S/C25H29N3OS/c1-2-23-17-22(25(30-23)26-24(29)21-11-7-4-8-12-21)19-28-15-13-27(14-16-28)18-20-9-5-3-6-10-20/h3-12,17H,2,13-16,18-19H2,1H3,(H,26,29). The van der Waals surface area contributed by atoms with Gasteiger partial charge < -0.3 is 5.32 Å². The van der Waals surface area contributed by atoms with Gasteiger partial charge in [0.05, 0.1) is 5.00 Å². The van der Waals surface area contributed by atoms with E-state index in [2.05, 4.69) is 58.4 Å². The van der Waals surface area contributed by atoms with E-state index in [0.29, 0.717) is 5.56 Å². The number of nitrogens with zero attached hydrogens (tertiary/aromatic N) is 2. The van der Waals surface area contributed by atoms with Crippen LogP contribution >= 0.6 is 11.3 Å². The van der Waals surface area contributed by atoms with Gasteiger partial charge in [-0.15, -0.1) is 11.3 Å². The summed E-state index contributed by atoms with van der Waals surface area (Å²) in [7, 11) is 0. The van der Waals surface area contributed by atoms with E-state index in [0.717, 1.165) is 50.7 Å². The van der Waals surface area contributed by atoms with Gasteiger partial charge in [-0.3, -0.25) is 14.6 Å². The average molecular weight is 420 g/mol. The number of hydrogen-bond acceptors (Lipinski definition) is 4. The molecule has 0 saturated carbocycles. The zero-order chi connectivity index (χ0) is 20.8. The normalized spacial score (nSPS) is 15.2. The van der Waals surface area contributed by atoms with Crippen molar-refractivity contribution in [2.75, 3.05) is 31.5 Å². The summed E-state index contributed by atoms with van der Waals surface area (Å²) < 4.78 is 0. The molecule has 4 nitrogen and oxygen atoms in total. The number of carbonyl (C=O) groups is 1. The minimum atomic E-state index is -0.0333. The molecule has 0 radical (unpaired) electrons. The lowest BCUT2D eigenvalue weighted by Gasteiger charge is -2.34. The minimum absolute atomic E-state index is 0.0333. The van der Waals surface area contributed by atoms with Crippen LogP contribution in [0.15, 0.2) is 66.7 Å². The van der Waals surface area contributed by atoms with Crippen molar-refractivity contribution in [3.63, 3.8) is 0 Å². The number of rotatable bonds is 7. The Morgan fingerprint density at radius 1 is 0.900 bits per heavy atom. The first-order valence-corrected chi connectivity index (χ1v) is 11.5. The summed E-state index contributed by atoms with van der Waals surface area (Å²) in [5.74, 6) is -0.0333. The summed E-state index contributed by atoms with van der Waals surface area (Å²) >= 11 is 1.70. The van der Waals surface area contributed by atoms with Gasteiger partial charge in [0.15, 0.2) is 0 Å². The lowest BCUT2D eigenvalue weighted by molar-refractivity contribution is 0.102. The first-order chi connectivity index (χ1) is 14.7. The van der Waals surface area contributed by atoms with E-state index in [-0.39, 0.29) is 5.91 Å². The smallest absolute Gasteiger partial charge is 0.256 e. The fourth-order valence-electron chi connectivity index (χ4n) is 3.84. The highest BCUT2D eigenvalue weighted by atomic mass is 32.1. The Balaban J connectivity index is 1.36. The molecular weight excluding hydrogens is 390 g/mol. The van der Waals surface area contributed by atoms with Gasteiger partial charge in [-0.05, 0) is 30.2 Å². The number of amides is 1. The van der Waals surface area contributed by atoms with Crippen LogP contribution in [0.25, 0.3) is 0 Å². The van der Waals surface area contributed by atoms with E-state index in [1.54, 1.807) is 11.3 Å². The summed E-state index contributed by atoms with van der Waals surface area (Å²) in [4.78, 5) is 19.0. The quantitative estimate of drug-likeness (QED) is 0.593. The van der Waals surface area contributed by atoms with Crippen LogP contribution < -0.4 is 5.32 Å². The molecule has 1 amide bonds. The fourth-order valence-corrected chi connectivity index (χ4v) is 4.84.